The topological polar surface area (TPSA) is 29.5 Å². The van der Waals surface area contributed by atoms with Gasteiger partial charge in [0.2, 0.25) is 0 Å². The molecule has 0 saturated carbocycles. The first-order valence-corrected chi connectivity index (χ1v) is 9.45. The summed E-state index contributed by atoms with van der Waals surface area (Å²) in [5.74, 6) is 0.290. The molecule has 0 unspecified atom stereocenters. The van der Waals surface area contributed by atoms with Crippen LogP contribution in [0.3, 0.4) is 0 Å². The van der Waals surface area contributed by atoms with Crippen LogP contribution >= 0.6 is 15.9 Å². The number of halogens is 1. The molecule has 0 spiro atoms. The average molecular weight is 317 g/mol. The number of hydrogen-bond acceptors (Lipinski definition) is 2. The normalized spacial score (nSPS) is 12.8. The zero-order chi connectivity index (χ0) is 13.3. The van der Waals surface area contributed by atoms with E-state index in [1.54, 1.807) is 6.07 Å². The third-order valence-corrected chi connectivity index (χ3v) is 8.41. The van der Waals surface area contributed by atoms with Crippen LogP contribution < -0.4 is 0 Å². The molecule has 4 heteroatoms. The van der Waals surface area contributed by atoms with E-state index in [4.69, 9.17) is 4.43 Å². The van der Waals surface area contributed by atoms with Gasteiger partial charge in [0.25, 0.3) is 0 Å². The Kier molecular flexibility index (Phi) is 4.44. The molecule has 0 fully saturated rings. The molecule has 0 amide bonds. The fourth-order valence-corrected chi connectivity index (χ4v) is 2.43. The van der Waals surface area contributed by atoms with Crippen molar-refractivity contribution in [2.24, 2.45) is 0 Å². The second kappa shape index (κ2) is 5.12. The van der Waals surface area contributed by atoms with E-state index in [1.807, 2.05) is 12.1 Å². The number of benzene rings is 1. The van der Waals surface area contributed by atoms with Crippen molar-refractivity contribution in [2.75, 3.05) is 0 Å². The minimum absolute atomic E-state index is 0.192. The predicted molar refractivity (Wildman–Crippen MR) is 77.8 cm³/mol. The van der Waals surface area contributed by atoms with E-state index >= 15 is 0 Å². The summed E-state index contributed by atoms with van der Waals surface area (Å²) in [5.41, 5.74) is 0.845. The zero-order valence-corrected chi connectivity index (χ0v) is 13.8. The van der Waals surface area contributed by atoms with Crippen LogP contribution in [0.2, 0.25) is 18.1 Å². The molecule has 0 aliphatic carbocycles. The molecule has 0 aliphatic rings. The molecular weight excluding hydrogens is 296 g/mol. The van der Waals surface area contributed by atoms with Crippen molar-refractivity contribution in [2.45, 2.75) is 45.5 Å². The molecule has 0 aromatic heterocycles. The van der Waals surface area contributed by atoms with E-state index in [9.17, 15) is 5.11 Å². The highest BCUT2D eigenvalue weighted by Gasteiger charge is 2.37. The summed E-state index contributed by atoms with van der Waals surface area (Å²) in [6.45, 7) is 11.5. The van der Waals surface area contributed by atoms with Gasteiger partial charge >= 0.3 is 0 Å². The van der Waals surface area contributed by atoms with E-state index in [0.29, 0.717) is 6.61 Å². The minimum atomic E-state index is -1.75. The Morgan fingerprint density at radius 3 is 2.35 bits per heavy atom. The number of phenols is 1. The van der Waals surface area contributed by atoms with Crippen LogP contribution in [0.15, 0.2) is 22.7 Å². The van der Waals surface area contributed by atoms with Gasteiger partial charge in [-0.15, -0.1) is 0 Å². The zero-order valence-electron chi connectivity index (χ0n) is 11.2. The summed E-state index contributed by atoms with van der Waals surface area (Å²) in [6, 6.07) is 5.51. The van der Waals surface area contributed by atoms with Gasteiger partial charge in [-0.1, -0.05) is 42.8 Å². The Bertz CT molecular complexity index is 397. The standard InChI is InChI=1S/C13H21BrO2Si/c1-13(2,3)17(4,5)16-9-10-6-7-11(14)8-12(10)15/h6-8,15H,9H2,1-5H3. The molecule has 0 bridgehead atoms. The van der Waals surface area contributed by atoms with E-state index in [-0.39, 0.29) is 10.8 Å². The van der Waals surface area contributed by atoms with Crippen LogP contribution in [0.25, 0.3) is 0 Å². The minimum Gasteiger partial charge on any atom is -0.508 e. The summed E-state index contributed by atoms with van der Waals surface area (Å²) in [6.07, 6.45) is 0. The van der Waals surface area contributed by atoms with Gasteiger partial charge in [0.05, 0.1) is 6.61 Å². The molecule has 2 nitrogen and oxygen atoms in total. The van der Waals surface area contributed by atoms with Crippen molar-refractivity contribution >= 4 is 24.2 Å². The fourth-order valence-electron chi connectivity index (χ4n) is 1.13. The van der Waals surface area contributed by atoms with Gasteiger partial charge < -0.3 is 9.53 Å². The fraction of sp³-hybridized carbons (Fsp3) is 0.538. The Balaban J connectivity index is 2.74. The Labute approximate surface area is 113 Å². The summed E-state index contributed by atoms with van der Waals surface area (Å²) in [4.78, 5) is 0. The molecular formula is C13H21BrO2Si. The molecule has 1 N–H and O–H groups in total. The van der Waals surface area contributed by atoms with Gasteiger partial charge in [-0.2, -0.15) is 0 Å². The first-order valence-electron chi connectivity index (χ1n) is 5.75. The maximum atomic E-state index is 9.80. The third kappa shape index (κ3) is 3.83. The summed E-state index contributed by atoms with van der Waals surface area (Å²) in [5, 5.41) is 9.99. The molecule has 0 atom stereocenters. The quantitative estimate of drug-likeness (QED) is 0.821. The van der Waals surface area contributed by atoms with E-state index in [1.165, 1.54) is 0 Å². The molecule has 17 heavy (non-hydrogen) atoms. The maximum Gasteiger partial charge on any atom is 0.192 e. The predicted octanol–water partition coefficient (Wildman–Crippen LogP) is 4.68. The van der Waals surface area contributed by atoms with Crippen LogP contribution in [0.5, 0.6) is 5.75 Å². The highest BCUT2D eigenvalue weighted by Crippen LogP contribution is 2.37. The molecule has 0 radical (unpaired) electrons. The number of hydrogen-bond donors (Lipinski definition) is 1. The number of rotatable bonds is 3. The lowest BCUT2D eigenvalue weighted by atomic mass is 10.2. The van der Waals surface area contributed by atoms with Crippen molar-refractivity contribution in [3.8, 4) is 5.75 Å². The van der Waals surface area contributed by atoms with Crippen molar-refractivity contribution in [3.63, 3.8) is 0 Å². The Morgan fingerprint density at radius 2 is 1.88 bits per heavy atom. The second-order valence-electron chi connectivity index (χ2n) is 5.82. The van der Waals surface area contributed by atoms with Gasteiger partial charge in [-0.3, -0.25) is 0 Å². The Morgan fingerprint density at radius 1 is 1.29 bits per heavy atom. The maximum absolute atomic E-state index is 9.80. The first kappa shape index (κ1) is 14.7. The van der Waals surface area contributed by atoms with Crippen molar-refractivity contribution in [1.82, 2.24) is 0 Å². The van der Waals surface area contributed by atoms with Crippen molar-refractivity contribution in [1.29, 1.82) is 0 Å². The van der Waals surface area contributed by atoms with Crippen LogP contribution in [0.1, 0.15) is 26.3 Å². The highest BCUT2D eigenvalue weighted by molar-refractivity contribution is 9.10. The van der Waals surface area contributed by atoms with Crippen LogP contribution in [0.4, 0.5) is 0 Å². The monoisotopic (exact) mass is 316 g/mol. The molecule has 1 aromatic rings. The molecule has 0 aliphatic heterocycles. The van der Waals surface area contributed by atoms with Crippen LogP contribution in [-0.4, -0.2) is 13.4 Å². The summed E-state index contributed by atoms with van der Waals surface area (Å²) >= 11 is 3.33. The summed E-state index contributed by atoms with van der Waals surface area (Å²) < 4.78 is 6.94. The van der Waals surface area contributed by atoms with E-state index < -0.39 is 8.32 Å². The lowest BCUT2D eigenvalue weighted by Crippen LogP contribution is -2.40. The van der Waals surface area contributed by atoms with Gasteiger partial charge in [-0.05, 0) is 30.3 Å². The van der Waals surface area contributed by atoms with Gasteiger partial charge in [-0.25, -0.2) is 0 Å². The van der Waals surface area contributed by atoms with Crippen LogP contribution in [0, 0.1) is 0 Å². The molecule has 0 heterocycles. The molecule has 1 rings (SSSR count). The van der Waals surface area contributed by atoms with Gasteiger partial charge in [0.1, 0.15) is 5.75 Å². The Hall–Kier alpha value is -0.323. The van der Waals surface area contributed by atoms with Gasteiger partial charge in [0.15, 0.2) is 8.32 Å². The lowest BCUT2D eigenvalue weighted by Gasteiger charge is -2.36. The van der Waals surface area contributed by atoms with Crippen molar-refractivity contribution < 1.29 is 9.53 Å². The molecule has 1 aromatic carbocycles. The smallest absolute Gasteiger partial charge is 0.192 e. The second-order valence-corrected chi connectivity index (χ2v) is 11.5. The highest BCUT2D eigenvalue weighted by atomic mass is 79.9. The summed E-state index contributed by atoms with van der Waals surface area (Å²) in [7, 11) is -1.75. The van der Waals surface area contributed by atoms with Crippen molar-refractivity contribution in [3.05, 3.63) is 28.2 Å². The number of phenolic OH excluding ortho intramolecular Hbond substituents is 1. The van der Waals surface area contributed by atoms with Gasteiger partial charge in [0, 0.05) is 10.0 Å². The van der Waals surface area contributed by atoms with E-state index in [0.717, 1.165) is 10.0 Å². The first-order chi connectivity index (χ1) is 7.63. The lowest BCUT2D eigenvalue weighted by molar-refractivity contribution is 0.271. The number of aromatic hydroxyl groups is 1. The largest absolute Gasteiger partial charge is 0.508 e. The average Bonchev–Trinajstić information content (AvgIpc) is 2.14. The molecule has 0 saturated heterocycles. The van der Waals surface area contributed by atoms with E-state index in [2.05, 4.69) is 49.8 Å². The SMILES string of the molecule is CC(C)(C)[Si](C)(C)OCc1ccc(Br)cc1O. The third-order valence-electron chi connectivity index (χ3n) is 3.44. The molecule has 96 valence electrons. The van der Waals surface area contributed by atoms with Crippen LogP contribution in [-0.2, 0) is 11.0 Å².